The number of primary amides is 1. The summed E-state index contributed by atoms with van der Waals surface area (Å²) < 4.78 is 12.8. The van der Waals surface area contributed by atoms with Crippen molar-refractivity contribution < 1.29 is 9.18 Å². The Balaban J connectivity index is 1.93. The van der Waals surface area contributed by atoms with E-state index in [1.807, 2.05) is 4.90 Å². The van der Waals surface area contributed by atoms with E-state index in [0.717, 1.165) is 31.4 Å². The summed E-state index contributed by atoms with van der Waals surface area (Å²) in [6.07, 6.45) is 2.74. The molecule has 0 aliphatic carbocycles. The van der Waals surface area contributed by atoms with Crippen molar-refractivity contribution >= 4 is 23.2 Å². The van der Waals surface area contributed by atoms with Crippen LogP contribution in [-0.4, -0.2) is 28.5 Å². The molecule has 108 valence electrons. The van der Waals surface area contributed by atoms with Crippen molar-refractivity contribution in [2.45, 2.75) is 31.8 Å². The number of hydrogen-bond acceptors (Lipinski definition) is 2. The van der Waals surface area contributed by atoms with E-state index in [9.17, 15) is 9.18 Å². The number of rotatable bonds is 3. The maximum absolute atomic E-state index is 12.8. The molecule has 1 atom stereocenters. The summed E-state index contributed by atoms with van der Waals surface area (Å²) in [6, 6.07) is 5.90. The minimum absolute atomic E-state index is 0.263. The molecule has 20 heavy (non-hydrogen) atoms. The average Bonchev–Trinajstić information content (AvgIpc) is 2.46. The maximum atomic E-state index is 12.8. The van der Waals surface area contributed by atoms with Gasteiger partial charge in [0.1, 0.15) is 11.9 Å². The number of thiocarbonyl (C=S) groups is 1. The van der Waals surface area contributed by atoms with Gasteiger partial charge in [-0.2, -0.15) is 0 Å². The molecule has 2 rings (SSSR count). The van der Waals surface area contributed by atoms with E-state index < -0.39 is 0 Å². The minimum atomic E-state index is -0.337. The first-order valence-electron chi connectivity index (χ1n) is 6.66. The molecular formula is C14H18FN3OS. The number of amides is 1. The van der Waals surface area contributed by atoms with E-state index in [4.69, 9.17) is 18.0 Å². The number of nitrogens with two attached hydrogens (primary N) is 1. The average molecular weight is 295 g/mol. The summed E-state index contributed by atoms with van der Waals surface area (Å²) in [5.41, 5.74) is 6.34. The third-order valence-electron chi connectivity index (χ3n) is 3.45. The quantitative estimate of drug-likeness (QED) is 0.831. The van der Waals surface area contributed by atoms with Crippen LogP contribution in [0, 0.1) is 5.82 Å². The first kappa shape index (κ1) is 14.7. The molecule has 1 amide bonds. The number of nitrogens with zero attached hydrogens (tertiary/aromatic N) is 1. The van der Waals surface area contributed by atoms with Crippen LogP contribution in [-0.2, 0) is 11.3 Å². The second kappa shape index (κ2) is 6.65. The van der Waals surface area contributed by atoms with E-state index in [0.29, 0.717) is 11.7 Å². The van der Waals surface area contributed by atoms with Crippen LogP contribution in [0.15, 0.2) is 24.3 Å². The maximum Gasteiger partial charge on any atom is 0.240 e. The number of nitrogens with one attached hydrogen (secondary N) is 1. The second-order valence-corrected chi connectivity index (χ2v) is 5.28. The molecule has 0 radical (unpaired) electrons. The molecule has 0 spiro atoms. The summed E-state index contributed by atoms with van der Waals surface area (Å²) in [5.74, 6) is -0.600. The van der Waals surface area contributed by atoms with Crippen molar-refractivity contribution in [2.75, 3.05) is 6.54 Å². The number of benzene rings is 1. The number of halogens is 1. The Kier molecular flexibility index (Phi) is 4.89. The highest BCUT2D eigenvalue weighted by molar-refractivity contribution is 7.80. The number of likely N-dealkylation sites (tertiary alicyclic amines) is 1. The van der Waals surface area contributed by atoms with Crippen molar-refractivity contribution in [1.82, 2.24) is 10.2 Å². The molecule has 1 aliphatic heterocycles. The highest BCUT2D eigenvalue weighted by Crippen LogP contribution is 2.17. The van der Waals surface area contributed by atoms with Gasteiger partial charge in [-0.05, 0) is 49.2 Å². The van der Waals surface area contributed by atoms with Gasteiger partial charge in [0, 0.05) is 13.1 Å². The number of piperidine rings is 1. The van der Waals surface area contributed by atoms with Crippen LogP contribution in [0.5, 0.6) is 0 Å². The van der Waals surface area contributed by atoms with Crippen LogP contribution in [0.25, 0.3) is 0 Å². The molecule has 1 aromatic carbocycles. The first-order chi connectivity index (χ1) is 9.58. The van der Waals surface area contributed by atoms with Crippen LogP contribution < -0.4 is 11.1 Å². The van der Waals surface area contributed by atoms with Gasteiger partial charge < -0.3 is 16.0 Å². The van der Waals surface area contributed by atoms with Crippen LogP contribution in [0.1, 0.15) is 24.8 Å². The monoisotopic (exact) mass is 295 g/mol. The van der Waals surface area contributed by atoms with Gasteiger partial charge in [0.25, 0.3) is 0 Å². The zero-order chi connectivity index (χ0) is 14.5. The Morgan fingerprint density at radius 3 is 2.75 bits per heavy atom. The number of carbonyl (C=O) groups is 1. The van der Waals surface area contributed by atoms with Gasteiger partial charge in [0.2, 0.25) is 5.91 Å². The Labute approximate surface area is 123 Å². The van der Waals surface area contributed by atoms with Gasteiger partial charge >= 0.3 is 0 Å². The number of carbonyl (C=O) groups excluding carboxylic acids is 1. The lowest BCUT2D eigenvalue weighted by atomic mass is 10.0. The molecule has 0 saturated carbocycles. The third kappa shape index (κ3) is 3.66. The SMILES string of the molecule is NC(=O)[C@@H]1CCCCN1C(=S)NCc1ccc(F)cc1. The molecule has 3 N–H and O–H groups in total. The molecule has 1 aromatic rings. The predicted octanol–water partition coefficient (Wildman–Crippen LogP) is 1.54. The molecule has 1 heterocycles. The fourth-order valence-corrected chi connectivity index (χ4v) is 2.64. The summed E-state index contributed by atoms with van der Waals surface area (Å²) in [5, 5.41) is 3.63. The van der Waals surface area contributed by atoms with Gasteiger partial charge in [-0.25, -0.2) is 4.39 Å². The third-order valence-corrected chi connectivity index (χ3v) is 3.83. The van der Waals surface area contributed by atoms with Crippen LogP contribution in [0.3, 0.4) is 0 Å². The molecule has 0 bridgehead atoms. The first-order valence-corrected chi connectivity index (χ1v) is 7.07. The molecule has 0 unspecified atom stereocenters. The predicted molar refractivity (Wildman–Crippen MR) is 79.4 cm³/mol. The lowest BCUT2D eigenvalue weighted by molar-refractivity contribution is -0.122. The zero-order valence-corrected chi connectivity index (χ0v) is 12.0. The Morgan fingerprint density at radius 1 is 1.40 bits per heavy atom. The van der Waals surface area contributed by atoms with E-state index in [2.05, 4.69) is 5.32 Å². The van der Waals surface area contributed by atoms with Crippen molar-refractivity contribution in [3.05, 3.63) is 35.6 Å². The summed E-state index contributed by atoms with van der Waals surface area (Å²) >= 11 is 5.33. The van der Waals surface area contributed by atoms with Crippen LogP contribution >= 0.6 is 12.2 Å². The van der Waals surface area contributed by atoms with Crippen molar-refractivity contribution in [1.29, 1.82) is 0 Å². The lowest BCUT2D eigenvalue weighted by Gasteiger charge is -2.35. The van der Waals surface area contributed by atoms with Crippen molar-refractivity contribution in [2.24, 2.45) is 5.73 Å². The fraction of sp³-hybridized carbons (Fsp3) is 0.429. The Bertz CT molecular complexity index is 492. The standard InChI is InChI=1S/C14H18FN3OS/c15-11-6-4-10(5-7-11)9-17-14(20)18-8-2-1-3-12(18)13(16)19/h4-7,12H,1-3,8-9H2,(H2,16,19)(H,17,20)/t12-/m0/s1. The topological polar surface area (TPSA) is 58.4 Å². The van der Waals surface area contributed by atoms with E-state index >= 15 is 0 Å². The van der Waals surface area contributed by atoms with Crippen LogP contribution in [0.4, 0.5) is 4.39 Å². The van der Waals surface area contributed by atoms with Gasteiger partial charge in [-0.3, -0.25) is 4.79 Å². The van der Waals surface area contributed by atoms with E-state index in [1.54, 1.807) is 12.1 Å². The van der Waals surface area contributed by atoms with Gasteiger partial charge in [0.05, 0.1) is 0 Å². The normalized spacial score (nSPS) is 18.6. The summed E-state index contributed by atoms with van der Waals surface area (Å²) in [6.45, 7) is 1.24. The lowest BCUT2D eigenvalue weighted by Crippen LogP contribution is -2.53. The molecule has 6 heteroatoms. The fourth-order valence-electron chi connectivity index (χ4n) is 2.35. The van der Waals surface area contributed by atoms with Gasteiger partial charge in [0.15, 0.2) is 5.11 Å². The minimum Gasteiger partial charge on any atom is -0.368 e. The molecule has 1 aliphatic rings. The van der Waals surface area contributed by atoms with Gasteiger partial charge in [-0.1, -0.05) is 12.1 Å². The Morgan fingerprint density at radius 2 is 2.10 bits per heavy atom. The molecular weight excluding hydrogens is 277 g/mol. The zero-order valence-electron chi connectivity index (χ0n) is 11.1. The second-order valence-electron chi connectivity index (χ2n) is 4.89. The molecule has 1 saturated heterocycles. The van der Waals surface area contributed by atoms with Gasteiger partial charge in [-0.15, -0.1) is 0 Å². The number of hydrogen-bond donors (Lipinski definition) is 2. The molecule has 0 aromatic heterocycles. The smallest absolute Gasteiger partial charge is 0.240 e. The van der Waals surface area contributed by atoms with Crippen LogP contribution in [0.2, 0.25) is 0 Å². The summed E-state index contributed by atoms with van der Waals surface area (Å²) in [7, 11) is 0. The van der Waals surface area contributed by atoms with E-state index in [-0.39, 0.29) is 17.8 Å². The Hall–Kier alpha value is -1.69. The molecule has 1 fully saturated rings. The highest BCUT2D eigenvalue weighted by atomic mass is 32.1. The summed E-state index contributed by atoms with van der Waals surface area (Å²) in [4.78, 5) is 13.3. The van der Waals surface area contributed by atoms with E-state index in [1.165, 1.54) is 12.1 Å². The highest BCUT2D eigenvalue weighted by Gasteiger charge is 2.28. The van der Waals surface area contributed by atoms with Crippen molar-refractivity contribution in [3.8, 4) is 0 Å². The largest absolute Gasteiger partial charge is 0.368 e. The molecule has 4 nitrogen and oxygen atoms in total. The van der Waals surface area contributed by atoms with Crippen molar-refractivity contribution in [3.63, 3.8) is 0 Å².